The molecule has 0 radical (unpaired) electrons. The Morgan fingerprint density at radius 2 is 1.80 bits per heavy atom. The molecule has 164 valence electrons. The number of urea groups is 1. The van der Waals surface area contributed by atoms with Gasteiger partial charge in [0, 0.05) is 26.7 Å². The summed E-state index contributed by atoms with van der Waals surface area (Å²) in [4.78, 5) is 13.6. The van der Waals surface area contributed by atoms with Crippen LogP contribution in [-0.4, -0.2) is 53.3 Å². The van der Waals surface area contributed by atoms with E-state index in [0.717, 1.165) is 24.3 Å². The first-order valence-corrected chi connectivity index (χ1v) is 10.6. The number of halogens is 1. The second kappa shape index (κ2) is 10.8. The van der Waals surface area contributed by atoms with Crippen molar-refractivity contribution in [2.45, 2.75) is 18.4 Å². The van der Waals surface area contributed by atoms with Crippen LogP contribution in [0, 0.1) is 5.82 Å². The lowest BCUT2D eigenvalue weighted by atomic mass is 10.2. The first-order chi connectivity index (χ1) is 14.3. The molecule has 2 aromatic carbocycles. The van der Waals surface area contributed by atoms with Gasteiger partial charge in [-0.2, -0.15) is 8.42 Å². The van der Waals surface area contributed by atoms with Crippen LogP contribution in [0.5, 0.6) is 11.5 Å². The van der Waals surface area contributed by atoms with E-state index in [1.165, 1.54) is 25.2 Å². The summed E-state index contributed by atoms with van der Waals surface area (Å²) in [7, 11) is -1.29. The van der Waals surface area contributed by atoms with Gasteiger partial charge in [-0.3, -0.25) is 0 Å². The van der Waals surface area contributed by atoms with Gasteiger partial charge in [0.1, 0.15) is 10.7 Å². The summed E-state index contributed by atoms with van der Waals surface area (Å²) in [5, 5.41) is 2.73. The predicted octanol–water partition coefficient (Wildman–Crippen LogP) is 2.78. The molecule has 2 aromatic rings. The van der Waals surface area contributed by atoms with E-state index >= 15 is 0 Å². The lowest BCUT2D eigenvalue weighted by molar-refractivity contribution is 0.146. The van der Waals surface area contributed by atoms with E-state index in [0.29, 0.717) is 25.3 Å². The maximum atomic E-state index is 13.1. The Morgan fingerprint density at radius 1 is 1.10 bits per heavy atom. The molecule has 0 aliphatic heterocycles. The van der Waals surface area contributed by atoms with Crippen molar-refractivity contribution in [2.75, 3.05) is 33.9 Å². The fourth-order valence-electron chi connectivity index (χ4n) is 2.59. The molecule has 0 unspecified atom stereocenters. The van der Waals surface area contributed by atoms with Crippen molar-refractivity contribution in [3.8, 4) is 11.5 Å². The van der Waals surface area contributed by atoms with Crippen molar-refractivity contribution < 1.29 is 31.3 Å². The normalized spacial score (nSPS) is 11.1. The average Bonchev–Trinajstić information content (AvgIpc) is 2.71. The van der Waals surface area contributed by atoms with Crippen LogP contribution in [0.15, 0.2) is 47.4 Å². The third kappa shape index (κ3) is 6.33. The van der Waals surface area contributed by atoms with Gasteiger partial charge in [-0.1, -0.05) is 6.07 Å². The first-order valence-electron chi connectivity index (χ1n) is 9.19. The number of carbonyl (C=O) groups excluding carboxylic acids is 1. The van der Waals surface area contributed by atoms with Gasteiger partial charge in [-0.25, -0.2) is 9.18 Å². The average molecular weight is 440 g/mol. The van der Waals surface area contributed by atoms with Gasteiger partial charge in [-0.15, -0.1) is 0 Å². The molecule has 0 spiro atoms. The standard InChI is InChI=1S/C20H25FN2O6S/c1-4-22-20(24)23(11-12-27-2)14-15-5-10-18(28-3)19(13-15)29-30(25,26)17-8-6-16(21)7-9-17/h5-10,13H,4,11-12,14H2,1-3H3,(H,22,24). The number of benzene rings is 2. The van der Waals surface area contributed by atoms with Crippen molar-refractivity contribution in [3.63, 3.8) is 0 Å². The topological polar surface area (TPSA) is 94.2 Å². The van der Waals surface area contributed by atoms with Crippen LogP contribution in [0.25, 0.3) is 0 Å². The number of amides is 2. The maximum Gasteiger partial charge on any atom is 0.339 e. The summed E-state index contributed by atoms with van der Waals surface area (Å²) < 4.78 is 53.7. The zero-order valence-electron chi connectivity index (χ0n) is 17.1. The summed E-state index contributed by atoms with van der Waals surface area (Å²) in [6.45, 7) is 3.17. The number of nitrogens with zero attached hydrogens (tertiary/aromatic N) is 1. The number of ether oxygens (including phenoxy) is 2. The zero-order chi connectivity index (χ0) is 22.1. The molecule has 0 saturated heterocycles. The smallest absolute Gasteiger partial charge is 0.339 e. The SMILES string of the molecule is CCNC(=O)N(CCOC)Cc1ccc(OC)c(OS(=O)(=O)c2ccc(F)cc2)c1. The lowest BCUT2D eigenvalue weighted by Gasteiger charge is -2.23. The second-order valence-electron chi connectivity index (χ2n) is 6.23. The molecule has 8 nitrogen and oxygen atoms in total. The zero-order valence-corrected chi connectivity index (χ0v) is 17.9. The predicted molar refractivity (Wildman–Crippen MR) is 109 cm³/mol. The van der Waals surface area contributed by atoms with E-state index in [-0.39, 0.29) is 29.0 Å². The Kier molecular flexibility index (Phi) is 8.43. The Bertz CT molecular complexity index is 950. The van der Waals surface area contributed by atoms with E-state index < -0.39 is 15.9 Å². The van der Waals surface area contributed by atoms with Crippen LogP contribution in [0.4, 0.5) is 9.18 Å². The molecule has 0 bridgehead atoms. The fourth-order valence-corrected chi connectivity index (χ4v) is 3.52. The van der Waals surface area contributed by atoms with Crippen LogP contribution >= 0.6 is 0 Å². The molecular weight excluding hydrogens is 415 g/mol. The number of rotatable bonds is 10. The highest BCUT2D eigenvalue weighted by Gasteiger charge is 2.21. The first kappa shape index (κ1) is 23.4. The summed E-state index contributed by atoms with van der Waals surface area (Å²) in [5.74, 6) is -0.400. The van der Waals surface area contributed by atoms with E-state index in [4.69, 9.17) is 13.7 Å². The monoisotopic (exact) mass is 440 g/mol. The van der Waals surface area contributed by atoms with Crippen LogP contribution in [-0.2, 0) is 21.4 Å². The highest BCUT2D eigenvalue weighted by Crippen LogP contribution is 2.31. The molecule has 2 rings (SSSR count). The molecule has 30 heavy (non-hydrogen) atoms. The minimum absolute atomic E-state index is 0.0399. The van der Waals surface area contributed by atoms with Gasteiger partial charge < -0.3 is 23.9 Å². The van der Waals surface area contributed by atoms with Crippen molar-refractivity contribution >= 4 is 16.1 Å². The number of nitrogens with one attached hydrogen (secondary N) is 1. The molecule has 0 aromatic heterocycles. The summed E-state index contributed by atoms with van der Waals surface area (Å²) in [5.41, 5.74) is 0.627. The Balaban J connectivity index is 2.29. The van der Waals surface area contributed by atoms with Crippen molar-refractivity contribution in [1.29, 1.82) is 0 Å². The van der Waals surface area contributed by atoms with Gasteiger partial charge in [0.15, 0.2) is 11.5 Å². The number of hydrogen-bond acceptors (Lipinski definition) is 6. The van der Waals surface area contributed by atoms with Gasteiger partial charge in [0.2, 0.25) is 0 Å². The van der Waals surface area contributed by atoms with Crippen LogP contribution in [0.3, 0.4) is 0 Å². The number of methoxy groups -OCH3 is 2. The minimum Gasteiger partial charge on any atom is -0.493 e. The molecule has 0 atom stereocenters. The molecule has 0 heterocycles. The largest absolute Gasteiger partial charge is 0.493 e. The van der Waals surface area contributed by atoms with Gasteiger partial charge in [0.05, 0.1) is 13.7 Å². The molecule has 10 heteroatoms. The Labute approximate surface area is 175 Å². The van der Waals surface area contributed by atoms with E-state index in [1.54, 1.807) is 12.1 Å². The summed E-state index contributed by atoms with van der Waals surface area (Å²) in [6, 6.07) is 8.76. The molecular formula is C20H25FN2O6S. The Morgan fingerprint density at radius 3 is 2.40 bits per heavy atom. The van der Waals surface area contributed by atoms with Crippen molar-refractivity contribution in [1.82, 2.24) is 10.2 Å². The lowest BCUT2D eigenvalue weighted by Crippen LogP contribution is -2.41. The highest BCUT2D eigenvalue weighted by atomic mass is 32.2. The second-order valence-corrected chi connectivity index (χ2v) is 7.77. The van der Waals surface area contributed by atoms with E-state index in [2.05, 4.69) is 5.32 Å². The summed E-state index contributed by atoms with van der Waals surface area (Å²) in [6.07, 6.45) is 0. The molecule has 2 amide bonds. The van der Waals surface area contributed by atoms with Crippen LogP contribution < -0.4 is 14.2 Å². The molecule has 0 saturated carbocycles. The number of carbonyl (C=O) groups is 1. The molecule has 0 aliphatic rings. The van der Waals surface area contributed by atoms with Gasteiger partial charge in [-0.05, 0) is 48.9 Å². The number of hydrogen-bond donors (Lipinski definition) is 1. The van der Waals surface area contributed by atoms with Gasteiger partial charge >= 0.3 is 16.1 Å². The van der Waals surface area contributed by atoms with E-state index in [1.807, 2.05) is 6.92 Å². The third-order valence-electron chi connectivity index (χ3n) is 4.08. The summed E-state index contributed by atoms with van der Waals surface area (Å²) >= 11 is 0. The Hall–Kier alpha value is -2.85. The van der Waals surface area contributed by atoms with Crippen LogP contribution in [0.1, 0.15) is 12.5 Å². The van der Waals surface area contributed by atoms with E-state index in [9.17, 15) is 17.6 Å². The third-order valence-corrected chi connectivity index (χ3v) is 5.33. The molecule has 0 aliphatic carbocycles. The quantitative estimate of drug-likeness (QED) is 0.571. The van der Waals surface area contributed by atoms with Crippen molar-refractivity contribution in [3.05, 3.63) is 53.8 Å². The fraction of sp³-hybridized carbons (Fsp3) is 0.350. The molecule has 1 N–H and O–H groups in total. The van der Waals surface area contributed by atoms with Crippen LogP contribution in [0.2, 0.25) is 0 Å². The van der Waals surface area contributed by atoms with Gasteiger partial charge in [0.25, 0.3) is 0 Å². The maximum absolute atomic E-state index is 13.1. The van der Waals surface area contributed by atoms with Crippen molar-refractivity contribution in [2.24, 2.45) is 0 Å². The molecule has 0 fully saturated rings. The minimum atomic E-state index is -4.21. The highest BCUT2D eigenvalue weighted by molar-refractivity contribution is 7.87.